The summed E-state index contributed by atoms with van der Waals surface area (Å²) in [5.74, 6) is -4.23. The Hall–Kier alpha value is -3.10. The maximum absolute atomic E-state index is 12.0. The van der Waals surface area contributed by atoms with Crippen molar-refractivity contribution >= 4 is 17.8 Å². The molecular weight excluding hydrogens is 270 g/mol. The van der Waals surface area contributed by atoms with Gasteiger partial charge in [-0.2, -0.15) is 0 Å². The third-order valence-electron chi connectivity index (χ3n) is 2.70. The number of nitrogens with zero attached hydrogens (tertiary/aromatic N) is 2. The van der Waals surface area contributed by atoms with Crippen LogP contribution in [-0.2, 0) is 4.79 Å². The van der Waals surface area contributed by atoms with Gasteiger partial charge in [0.15, 0.2) is 11.4 Å². The quantitative estimate of drug-likeness (QED) is 0.587. The minimum atomic E-state index is -1.54. The molecule has 9 nitrogen and oxygen atoms in total. The van der Waals surface area contributed by atoms with Gasteiger partial charge < -0.3 is 15.6 Å². The number of aromatic carboxylic acids is 1. The molecule has 0 fully saturated rings. The number of carboxylic acid groups (broad SMARTS) is 1. The number of carbonyl (C=O) groups excluding carboxylic acids is 2. The number of rotatable bonds is 2. The van der Waals surface area contributed by atoms with E-state index in [4.69, 9.17) is 5.11 Å². The van der Waals surface area contributed by atoms with Gasteiger partial charge in [0.05, 0.1) is 0 Å². The van der Waals surface area contributed by atoms with Gasteiger partial charge in [-0.3, -0.25) is 24.0 Å². The standard InChI is InChI=1S/C11H9N3O6/c1-2-6(15)13-4-12-14-3-5(11(19)20)8(16)9(17)7(14)10(13)18/h2-3,12,17H,1,4H2,(H,19,20). The van der Waals surface area contributed by atoms with Gasteiger partial charge in [-0.25, -0.2) is 4.79 Å². The molecule has 9 heteroatoms. The van der Waals surface area contributed by atoms with Crippen LogP contribution in [0.25, 0.3) is 0 Å². The lowest BCUT2D eigenvalue weighted by Crippen LogP contribution is -2.49. The summed E-state index contributed by atoms with van der Waals surface area (Å²) in [5, 5.41) is 18.5. The Morgan fingerprint density at radius 3 is 2.60 bits per heavy atom. The van der Waals surface area contributed by atoms with Crippen molar-refractivity contribution in [3.8, 4) is 5.75 Å². The van der Waals surface area contributed by atoms with Gasteiger partial charge >= 0.3 is 5.97 Å². The number of fused-ring (bicyclic) bond motifs is 1. The van der Waals surface area contributed by atoms with Crippen molar-refractivity contribution in [2.24, 2.45) is 0 Å². The lowest BCUT2D eigenvalue weighted by atomic mass is 10.2. The van der Waals surface area contributed by atoms with Crippen LogP contribution in [-0.4, -0.2) is 44.2 Å². The second kappa shape index (κ2) is 4.53. The van der Waals surface area contributed by atoms with Crippen LogP contribution in [0, 0.1) is 0 Å². The molecule has 1 aromatic rings. The number of nitrogens with one attached hydrogen (secondary N) is 1. The summed E-state index contributed by atoms with van der Waals surface area (Å²) in [4.78, 5) is 46.6. The van der Waals surface area contributed by atoms with E-state index >= 15 is 0 Å². The van der Waals surface area contributed by atoms with Gasteiger partial charge in [0, 0.05) is 6.20 Å². The number of aromatic nitrogens is 1. The molecule has 1 aliphatic rings. The average molecular weight is 279 g/mol. The number of hydrogen-bond donors (Lipinski definition) is 3. The second-order valence-corrected chi connectivity index (χ2v) is 3.84. The molecule has 3 N–H and O–H groups in total. The van der Waals surface area contributed by atoms with E-state index in [1.54, 1.807) is 0 Å². The van der Waals surface area contributed by atoms with E-state index in [0.717, 1.165) is 16.9 Å². The molecular formula is C11H9N3O6. The number of imide groups is 1. The monoisotopic (exact) mass is 279 g/mol. The van der Waals surface area contributed by atoms with E-state index in [1.165, 1.54) is 0 Å². The van der Waals surface area contributed by atoms with Crippen LogP contribution < -0.4 is 10.9 Å². The molecule has 1 aliphatic heterocycles. The summed E-state index contributed by atoms with van der Waals surface area (Å²) in [7, 11) is 0. The summed E-state index contributed by atoms with van der Waals surface area (Å²) in [6.07, 6.45) is 1.77. The zero-order valence-electron chi connectivity index (χ0n) is 9.99. The summed E-state index contributed by atoms with van der Waals surface area (Å²) in [6.45, 7) is 2.97. The largest absolute Gasteiger partial charge is 0.502 e. The summed E-state index contributed by atoms with van der Waals surface area (Å²) >= 11 is 0. The van der Waals surface area contributed by atoms with Crippen molar-refractivity contribution in [3.63, 3.8) is 0 Å². The molecule has 0 unspecified atom stereocenters. The first-order valence-electron chi connectivity index (χ1n) is 5.32. The van der Waals surface area contributed by atoms with Crippen molar-refractivity contribution < 1.29 is 24.6 Å². The highest BCUT2D eigenvalue weighted by molar-refractivity contribution is 6.09. The number of hydrogen-bond acceptors (Lipinski definition) is 6. The molecule has 0 aromatic carbocycles. The highest BCUT2D eigenvalue weighted by Gasteiger charge is 2.32. The highest BCUT2D eigenvalue weighted by atomic mass is 16.4. The number of pyridine rings is 1. The lowest BCUT2D eigenvalue weighted by Gasteiger charge is -2.29. The Morgan fingerprint density at radius 1 is 1.40 bits per heavy atom. The second-order valence-electron chi connectivity index (χ2n) is 3.84. The molecule has 1 aromatic heterocycles. The molecule has 2 rings (SSSR count). The summed E-state index contributed by atoms with van der Waals surface area (Å²) < 4.78 is 0.898. The van der Waals surface area contributed by atoms with Crippen molar-refractivity contribution in [3.05, 3.63) is 40.3 Å². The van der Waals surface area contributed by atoms with Gasteiger partial charge in [0.2, 0.25) is 5.43 Å². The number of carboxylic acids is 1. The van der Waals surface area contributed by atoms with Crippen molar-refractivity contribution in [2.45, 2.75) is 0 Å². The fraction of sp³-hybridized carbons (Fsp3) is 0.0909. The molecule has 0 radical (unpaired) electrons. The maximum atomic E-state index is 12.0. The van der Waals surface area contributed by atoms with Gasteiger partial charge in [-0.15, -0.1) is 0 Å². The Labute approximate surface area is 111 Å². The maximum Gasteiger partial charge on any atom is 0.341 e. The highest BCUT2D eigenvalue weighted by Crippen LogP contribution is 2.18. The molecule has 2 heterocycles. The Kier molecular flexibility index (Phi) is 3.02. The number of aromatic hydroxyl groups is 1. The predicted octanol–water partition coefficient (Wildman–Crippen LogP) is -1.08. The van der Waals surface area contributed by atoms with E-state index < -0.39 is 40.2 Å². The molecule has 0 atom stereocenters. The molecule has 0 bridgehead atoms. The van der Waals surface area contributed by atoms with Gasteiger partial charge in [-0.1, -0.05) is 6.58 Å². The van der Waals surface area contributed by atoms with E-state index in [0.29, 0.717) is 4.90 Å². The minimum Gasteiger partial charge on any atom is -0.502 e. The fourth-order valence-corrected chi connectivity index (χ4v) is 1.72. The van der Waals surface area contributed by atoms with Crippen LogP contribution in [0.2, 0.25) is 0 Å². The summed E-state index contributed by atoms with van der Waals surface area (Å²) in [5.41, 5.74) is 0.0990. The SMILES string of the molecule is C=CC(=O)N1CNn2cc(C(=O)O)c(=O)c(O)c2C1=O. The van der Waals surface area contributed by atoms with E-state index in [9.17, 15) is 24.3 Å². The first-order valence-corrected chi connectivity index (χ1v) is 5.32. The Bertz CT molecular complexity index is 705. The third-order valence-corrected chi connectivity index (χ3v) is 2.70. The van der Waals surface area contributed by atoms with Crippen LogP contribution in [0.3, 0.4) is 0 Å². The molecule has 0 saturated carbocycles. The molecule has 20 heavy (non-hydrogen) atoms. The molecule has 104 valence electrons. The zero-order valence-corrected chi connectivity index (χ0v) is 9.99. The van der Waals surface area contributed by atoms with Crippen LogP contribution in [0.5, 0.6) is 5.75 Å². The lowest BCUT2D eigenvalue weighted by molar-refractivity contribution is -0.123. The van der Waals surface area contributed by atoms with Crippen LogP contribution in [0.15, 0.2) is 23.6 Å². The van der Waals surface area contributed by atoms with Crippen molar-refractivity contribution in [1.29, 1.82) is 0 Å². The van der Waals surface area contributed by atoms with Crippen molar-refractivity contribution in [2.75, 3.05) is 12.1 Å². The van der Waals surface area contributed by atoms with Crippen LogP contribution in [0.1, 0.15) is 20.8 Å². The van der Waals surface area contributed by atoms with Gasteiger partial charge in [0.1, 0.15) is 12.2 Å². The number of carbonyl (C=O) groups is 3. The normalized spacial score (nSPS) is 13.4. The molecule has 0 aliphatic carbocycles. The van der Waals surface area contributed by atoms with E-state index in [2.05, 4.69) is 12.0 Å². The number of amides is 2. The molecule has 0 spiro atoms. The van der Waals surface area contributed by atoms with Crippen molar-refractivity contribution in [1.82, 2.24) is 9.58 Å². The third kappa shape index (κ3) is 1.81. The smallest absolute Gasteiger partial charge is 0.341 e. The van der Waals surface area contributed by atoms with Gasteiger partial charge in [0.25, 0.3) is 11.8 Å². The minimum absolute atomic E-state index is 0.252. The zero-order chi connectivity index (χ0) is 15.0. The van der Waals surface area contributed by atoms with Gasteiger partial charge in [-0.05, 0) is 6.08 Å². The topological polar surface area (TPSA) is 129 Å². The van der Waals surface area contributed by atoms with E-state index in [-0.39, 0.29) is 6.67 Å². The van der Waals surface area contributed by atoms with E-state index in [1.807, 2.05) is 0 Å². The Balaban J connectivity index is 2.63. The average Bonchev–Trinajstić information content (AvgIpc) is 2.41. The Morgan fingerprint density at radius 2 is 2.05 bits per heavy atom. The van der Waals surface area contributed by atoms with Crippen LogP contribution in [0.4, 0.5) is 0 Å². The van der Waals surface area contributed by atoms with Crippen LogP contribution >= 0.6 is 0 Å². The first-order chi connectivity index (χ1) is 9.38. The fourth-order valence-electron chi connectivity index (χ4n) is 1.72. The molecule has 0 saturated heterocycles. The predicted molar refractivity (Wildman–Crippen MR) is 64.9 cm³/mol. The summed E-state index contributed by atoms with van der Waals surface area (Å²) in [6, 6.07) is 0. The first kappa shape index (κ1) is 13.3. The molecule has 2 amide bonds.